The summed E-state index contributed by atoms with van der Waals surface area (Å²) in [6.45, 7) is 1.98. The van der Waals surface area contributed by atoms with E-state index in [0.29, 0.717) is 5.00 Å². The smallest absolute Gasteiger partial charge is 0.360 e. The summed E-state index contributed by atoms with van der Waals surface area (Å²) in [5.74, 6) is -0.551. The number of carbonyl (C=O) groups excluding carboxylic acids is 1. The van der Waals surface area contributed by atoms with E-state index >= 15 is 0 Å². The summed E-state index contributed by atoms with van der Waals surface area (Å²) in [4.78, 5) is 18.8. The maximum absolute atomic E-state index is 11.3. The fraction of sp³-hybridized carbons (Fsp3) is 0.286. The lowest BCUT2D eigenvalue weighted by molar-refractivity contribution is 0.0521. The minimum Gasteiger partial charge on any atom is -0.461 e. The first-order chi connectivity index (χ1) is 6.69. The largest absolute Gasteiger partial charge is 0.461 e. The lowest BCUT2D eigenvalue weighted by Crippen LogP contribution is -2.05. The predicted octanol–water partition coefficient (Wildman–Crippen LogP) is 1.64. The van der Waals surface area contributed by atoms with Crippen LogP contribution in [0.1, 0.15) is 17.4 Å². The number of aromatic nitrogens is 1. The highest BCUT2D eigenvalue weighted by molar-refractivity contribution is 7.78. The maximum atomic E-state index is 11.3. The summed E-state index contributed by atoms with van der Waals surface area (Å²) in [7, 11) is 0. The second-order valence-corrected chi connectivity index (χ2v) is 3.32. The number of aliphatic imine (C=N–C) groups is 1. The molecule has 5 nitrogen and oxygen atoms in total. The zero-order valence-corrected chi connectivity index (χ0v) is 8.94. The Hall–Kier alpha value is -1.30. The van der Waals surface area contributed by atoms with Crippen LogP contribution in [0.3, 0.4) is 0 Å². The number of esters is 1. The van der Waals surface area contributed by atoms with Crippen molar-refractivity contribution in [3.8, 4) is 0 Å². The van der Waals surface area contributed by atoms with Crippen LogP contribution in [0, 0.1) is 0 Å². The standard InChI is InChI=1S/C7H7N3O2S2/c1-2-12-6(11)4-5(9-3-13)14-7(8)10-4/h2H2,1H3,(H2,8,10). The van der Waals surface area contributed by atoms with Crippen molar-refractivity contribution in [2.75, 3.05) is 12.3 Å². The van der Waals surface area contributed by atoms with Crippen molar-refractivity contribution in [2.24, 2.45) is 4.99 Å². The third kappa shape index (κ3) is 2.35. The summed E-state index contributed by atoms with van der Waals surface area (Å²) < 4.78 is 4.76. The normalized spacial score (nSPS) is 9.21. The number of nitrogen functional groups attached to an aromatic ring is 1. The van der Waals surface area contributed by atoms with Crippen LogP contribution in [0.4, 0.5) is 10.1 Å². The number of thiazole rings is 1. The van der Waals surface area contributed by atoms with Gasteiger partial charge in [0, 0.05) is 0 Å². The monoisotopic (exact) mass is 229 g/mol. The van der Waals surface area contributed by atoms with Crippen LogP contribution in [-0.2, 0) is 4.74 Å². The van der Waals surface area contributed by atoms with Crippen molar-refractivity contribution in [3.63, 3.8) is 0 Å². The highest BCUT2D eigenvalue weighted by atomic mass is 32.1. The minimum absolute atomic E-state index is 0.0895. The van der Waals surface area contributed by atoms with Gasteiger partial charge in [-0.05, 0) is 19.1 Å². The molecule has 7 heteroatoms. The Morgan fingerprint density at radius 2 is 2.57 bits per heavy atom. The van der Waals surface area contributed by atoms with Crippen LogP contribution < -0.4 is 5.73 Å². The molecule has 14 heavy (non-hydrogen) atoms. The van der Waals surface area contributed by atoms with Gasteiger partial charge in [0.2, 0.25) is 0 Å². The van der Waals surface area contributed by atoms with E-state index in [4.69, 9.17) is 10.5 Å². The lowest BCUT2D eigenvalue weighted by atomic mass is 10.5. The van der Waals surface area contributed by atoms with Gasteiger partial charge in [0.1, 0.15) is 0 Å². The fourth-order valence-corrected chi connectivity index (χ4v) is 1.58. The van der Waals surface area contributed by atoms with E-state index in [1.807, 2.05) is 0 Å². The number of nitrogens with two attached hydrogens (primary N) is 1. The van der Waals surface area contributed by atoms with Gasteiger partial charge in [-0.25, -0.2) is 9.78 Å². The topological polar surface area (TPSA) is 77.6 Å². The minimum atomic E-state index is -0.551. The second kappa shape index (κ2) is 4.80. The molecule has 1 aromatic heterocycles. The van der Waals surface area contributed by atoms with Gasteiger partial charge in [0.05, 0.1) is 11.8 Å². The summed E-state index contributed by atoms with van der Waals surface area (Å²) in [5.41, 5.74) is 5.51. The highest BCUT2D eigenvalue weighted by Crippen LogP contribution is 2.29. The molecule has 74 valence electrons. The molecular weight excluding hydrogens is 222 g/mol. The SMILES string of the molecule is CCOC(=O)c1nc(N)sc1N=C=S. The molecule has 0 spiro atoms. The molecule has 0 bridgehead atoms. The number of anilines is 1. The van der Waals surface area contributed by atoms with E-state index in [1.54, 1.807) is 6.92 Å². The number of ether oxygens (including phenoxy) is 1. The van der Waals surface area contributed by atoms with Crippen molar-refractivity contribution in [1.82, 2.24) is 4.98 Å². The van der Waals surface area contributed by atoms with Crippen LogP contribution in [-0.4, -0.2) is 22.7 Å². The van der Waals surface area contributed by atoms with E-state index in [9.17, 15) is 4.79 Å². The Morgan fingerprint density at radius 1 is 1.86 bits per heavy atom. The summed E-state index contributed by atoms with van der Waals surface area (Å²) in [6, 6.07) is 0. The molecule has 0 saturated heterocycles. The Bertz CT molecular complexity index is 396. The third-order valence-corrected chi connectivity index (χ3v) is 2.11. The Morgan fingerprint density at radius 3 is 3.14 bits per heavy atom. The van der Waals surface area contributed by atoms with Crippen LogP contribution in [0.5, 0.6) is 0 Å². The number of rotatable bonds is 3. The number of thiocarbonyl (C=S) groups is 1. The molecule has 2 N–H and O–H groups in total. The molecule has 0 aliphatic rings. The van der Waals surface area contributed by atoms with E-state index in [-0.39, 0.29) is 17.4 Å². The lowest BCUT2D eigenvalue weighted by Gasteiger charge is -1.97. The average molecular weight is 229 g/mol. The Labute approximate surface area is 89.6 Å². The molecule has 0 radical (unpaired) electrons. The zero-order chi connectivity index (χ0) is 10.6. The molecule has 0 aromatic carbocycles. The Balaban J connectivity index is 3.05. The quantitative estimate of drug-likeness (QED) is 0.484. The van der Waals surface area contributed by atoms with Gasteiger partial charge >= 0.3 is 5.97 Å². The molecule has 0 amide bonds. The second-order valence-electron chi connectivity index (χ2n) is 2.13. The average Bonchev–Trinajstić information content (AvgIpc) is 2.48. The molecule has 0 aliphatic heterocycles. The molecule has 1 rings (SSSR count). The van der Waals surface area contributed by atoms with Crippen molar-refractivity contribution in [3.05, 3.63) is 5.69 Å². The molecule has 0 aliphatic carbocycles. The maximum Gasteiger partial charge on any atom is 0.360 e. The predicted molar refractivity (Wildman–Crippen MR) is 57.2 cm³/mol. The first kappa shape index (κ1) is 10.8. The summed E-state index contributed by atoms with van der Waals surface area (Å²) >= 11 is 5.49. The van der Waals surface area contributed by atoms with Crippen LogP contribution in [0.25, 0.3) is 0 Å². The zero-order valence-electron chi connectivity index (χ0n) is 7.31. The molecular formula is C7H7N3O2S2. The highest BCUT2D eigenvalue weighted by Gasteiger charge is 2.17. The number of carbonyl (C=O) groups is 1. The van der Waals surface area contributed by atoms with Gasteiger partial charge in [-0.2, -0.15) is 4.99 Å². The van der Waals surface area contributed by atoms with E-state index in [2.05, 4.69) is 27.4 Å². The van der Waals surface area contributed by atoms with Crippen molar-refractivity contribution < 1.29 is 9.53 Å². The van der Waals surface area contributed by atoms with Crippen LogP contribution in [0.15, 0.2) is 4.99 Å². The van der Waals surface area contributed by atoms with Gasteiger partial charge < -0.3 is 10.5 Å². The van der Waals surface area contributed by atoms with Crippen molar-refractivity contribution >= 4 is 44.8 Å². The summed E-state index contributed by atoms with van der Waals surface area (Å²) in [6.07, 6.45) is 0. The van der Waals surface area contributed by atoms with Gasteiger partial charge in [-0.15, -0.1) is 0 Å². The number of hydrogen-bond acceptors (Lipinski definition) is 7. The fourth-order valence-electron chi connectivity index (χ4n) is 0.778. The molecule has 1 heterocycles. The van der Waals surface area contributed by atoms with E-state index in [0.717, 1.165) is 11.3 Å². The van der Waals surface area contributed by atoms with E-state index in [1.165, 1.54) is 0 Å². The van der Waals surface area contributed by atoms with Crippen molar-refractivity contribution in [2.45, 2.75) is 6.92 Å². The number of hydrogen-bond donors (Lipinski definition) is 1. The van der Waals surface area contributed by atoms with Gasteiger partial charge in [0.15, 0.2) is 15.8 Å². The third-order valence-electron chi connectivity index (χ3n) is 1.24. The summed E-state index contributed by atoms with van der Waals surface area (Å²) in [5, 5.41) is 2.73. The van der Waals surface area contributed by atoms with Gasteiger partial charge in [-0.3, -0.25) is 0 Å². The molecule has 0 fully saturated rings. The van der Waals surface area contributed by atoms with Crippen LogP contribution in [0.2, 0.25) is 0 Å². The molecule has 0 unspecified atom stereocenters. The molecule has 0 saturated carbocycles. The molecule has 1 aromatic rings. The first-order valence-electron chi connectivity index (χ1n) is 3.70. The Kier molecular flexibility index (Phi) is 3.70. The van der Waals surface area contributed by atoms with Gasteiger partial charge in [0.25, 0.3) is 0 Å². The van der Waals surface area contributed by atoms with Crippen molar-refractivity contribution in [1.29, 1.82) is 0 Å². The molecule has 0 atom stereocenters. The van der Waals surface area contributed by atoms with E-state index < -0.39 is 5.97 Å². The number of isothiocyanates is 1. The van der Waals surface area contributed by atoms with Gasteiger partial charge in [-0.1, -0.05) is 11.3 Å². The first-order valence-corrected chi connectivity index (χ1v) is 4.92. The van der Waals surface area contributed by atoms with Crippen LogP contribution >= 0.6 is 23.6 Å². The number of nitrogens with zero attached hydrogens (tertiary/aromatic N) is 2.